The van der Waals surface area contributed by atoms with Crippen molar-refractivity contribution in [1.82, 2.24) is 4.98 Å². The second-order valence-corrected chi connectivity index (χ2v) is 6.68. The van der Waals surface area contributed by atoms with Crippen LogP contribution in [0, 0.1) is 5.41 Å². The van der Waals surface area contributed by atoms with Crippen LogP contribution in [0.15, 0.2) is 36.5 Å². The van der Waals surface area contributed by atoms with Gasteiger partial charge in [0.2, 0.25) is 0 Å². The molecule has 25 heavy (non-hydrogen) atoms. The molecule has 0 unspecified atom stereocenters. The maximum Gasteiger partial charge on any atom is 0.129 e. The predicted octanol–water partition coefficient (Wildman–Crippen LogP) is 3.17. The number of hydrogen-bond acceptors (Lipinski definition) is 5. The van der Waals surface area contributed by atoms with Crippen LogP contribution in [0.3, 0.4) is 0 Å². The first-order valence-corrected chi connectivity index (χ1v) is 8.60. The Morgan fingerprint density at radius 3 is 2.80 bits per heavy atom. The van der Waals surface area contributed by atoms with Gasteiger partial charge in [-0.1, -0.05) is 0 Å². The summed E-state index contributed by atoms with van der Waals surface area (Å²) in [7, 11) is 0. The van der Waals surface area contributed by atoms with E-state index in [1.807, 2.05) is 23.1 Å². The molecule has 1 saturated heterocycles. The molecule has 1 aliphatic carbocycles. The number of nitrogens with one attached hydrogen (secondary N) is 1. The van der Waals surface area contributed by atoms with Crippen LogP contribution in [0.1, 0.15) is 30.4 Å². The maximum absolute atomic E-state index is 13.4. The van der Waals surface area contributed by atoms with Crippen molar-refractivity contribution in [3.63, 3.8) is 0 Å². The molecule has 3 N–H and O–H groups in total. The third-order valence-electron chi connectivity index (χ3n) is 4.61. The van der Waals surface area contributed by atoms with Crippen molar-refractivity contribution < 1.29 is 9.13 Å². The van der Waals surface area contributed by atoms with Gasteiger partial charge in [-0.05, 0) is 49.6 Å². The minimum absolute atomic E-state index is 0.294. The Balaban J connectivity index is 1.60. The molecular formula is C19H21FN4O. The van der Waals surface area contributed by atoms with Crippen LogP contribution in [0.25, 0.3) is 0 Å². The van der Waals surface area contributed by atoms with Crippen LogP contribution in [-0.4, -0.2) is 36.1 Å². The van der Waals surface area contributed by atoms with Crippen molar-refractivity contribution in [3.05, 3.63) is 47.7 Å². The highest BCUT2D eigenvalue weighted by Crippen LogP contribution is 2.30. The highest BCUT2D eigenvalue weighted by molar-refractivity contribution is 6.14. The van der Waals surface area contributed by atoms with Crippen molar-refractivity contribution in [2.75, 3.05) is 23.7 Å². The van der Waals surface area contributed by atoms with Gasteiger partial charge in [-0.15, -0.1) is 0 Å². The van der Waals surface area contributed by atoms with E-state index in [1.165, 1.54) is 0 Å². The molecule has 130 valence electrons. The fraction of sp³-hybridized carbons (Fsp3) is 0.368. The van der Waals surface area contributed by atoms with Gasteiger partial charge in [-0.3, -0.25) is 5.41 Å². The Morgan fingerprint density at radius 1 is 1.24 bits per heavy atom. The molecule has 0 bridgehead atoms. The number of hydrogen-bond donors (Lipinski definition) is 2. The summed E-state index contributed by atoms with van der Waals surface area (Å²) in [6, 6.07) is 9.05. The number of rotatable bonds is 5. The molecule has 4 rings (SSSR count). The number of alkyl halides is 1. The molecule has 2 heterocycles. The van der Waals surface area contributed by atoms with Crippen molar-refractivity contribution in [2.45, 2.75) is 31.5 Å². The smallest absolute Gasteiger partial charge is 0.129 e. The monoisotopic (exact) mass is 340 g/mol. The van der Waals surface area contributed by atoms with Gasteiger partial charge in [0.25, 0.3) is 0 Å². The van der Waals surface area contributed by atoms with Crippen LogP contribution in [0.5, 0.6) is 5.75 Å². The Hall–Kier alpha value is -2.63. The van der Waals surface area contributed by atoms with E-state index in [4.69, 9.17) is 15.9 Å². The third-order valence-corrected chi connectivity index (χ3v) is 4.61. The van der Waals surface area contributed by atoms with E-state index in [9.17, 15) is 4.39 Å². The Morgan fingerprint density at radius 2 is 2.08 bits per heavy atom. The maximum atomic E-state index is 13.4. The van der Waals surface area contributed by atoms with E-state index in [2.05, 4.69) is 4.98 Å². The molecule has 0 amide bonds. The number of pyridine rings is 1. The lowest BCUT2D eigenvalue weighted by molar-refractivity contribution is 0.303. The number of nitrogens with two attached hydrogens (primary N) is 1. The van der Waals surface area contributed by atoms with Crippen molar-refractivity contribution >= 4 is 17.2 Å². The fourth-order valence-corrected chi connectivity index (χ4v) is 3.03. The Kier molecular flexibility index (Phi) is 4.03. The first-order valence-electron chi connectivity index (χ1n) is 8.60. The molecule has 0 spiro atoms. The van der Waals surface area contributed by atoms with E-state index in [0.29, 0.717) is 54.0 Å². The minimum Gasteiger partial charge on any atom is -0.490 e. The Labute approximate surface area is 146 Å². The summed E-state index contributed by atoms with van der Waals surface area (Å²) in [6.45, 7) is 1.01. The third kappa shape index (κ3) is 3.43. The van der Waals surface area contributed by atoms with Gasteiger partial charge in [0.15, 0.2) is 0 Å². The van der Waals surface area contributed by atoms with Crippen molar-refractivity contribution in [1.29, 1.82) is 5.41 Å². The molecule has 2 fully saturated rings. The fourth-order valence-electron chi connectivity index (χ4n) is 3.03. The van der Waals surface area contributed by atoms with Crippen LogP contribution in [0.4, 0.5) is 15.9 Å². The molecule has 2 aromatic rings. The topological polar surface area (TPSA) is 75.2 Å². The summed E-state index contributed by atoms with van der Waals surface area (Å²) in [6.07, 6.45) is 3.83. The predicted molar refractivity (Wildman–Crippen MR) is 96.4 cm³/mol. The lowest BCUT2D eigenvalue weighted by Crippen LogP contribution is -2.21. The first-order chi connectivity index (χ1) is 12.1. The second-order valence-electron chi connectivity index (χ2n) is 6.68. The zero-order valence-corrected chi connectivity index (χ0v) is 13.9. The minimum atomic E-state index is -0.809. The normalized spacial score (nSPS) is 19.9. The number of halogens is 1. The largest absolute Gasteiger partial charge is 0.490 e. The SMILES string of the molecule is N=C(c1ccnc(N2CC[C@@H](F)C2)c1)c1cc(OC2CC2)ccc1N. The van der Waals surface area contributed by atoms with Gasteiger partial charge >= 0.3 is 0 Å². The van der Waals surface area contributed by atoms with E-state index < -0.39 is 6.17 Å². The lowest BCUT2D eigenvalue weighted by Gasteiger charge is -2.17. The molecular weight excluding hydrogens is 319 g/mol. The molecule has 1 aromatic carbocycles. The summed E-state index contributed by atoms with van der Waals surface area (Å²) >= 11 is 0. The van der Waals surface area contributed by atoms with E-state index >= 15 is 0 Å². The lowest BCUT2D eigenvalue weighted by atomic mass is 10.0. The van der Waals surface area contributed by atoms with Crippen molar-refractivity contribution in [2.24, 2.45) is 0 Å². The summed E-state index contributed by atoms with van der Waals surface area (Å²) in [4.78, 5) is 6.24. The Bertz CT molecular complexity index is 806. The van der Waals surface area contributed by atoms with Crippen LogP contribution < -0.4 is 15.4 Å². The van der Waals surface area contributed by atoms with Gasteiger partial charge in [-0.25, -0.2) is 9.37 Å². The molecule has 0 radical (unpaired) electrons. The number of aromatic nitrogens is 1. The standard InChI is InChI=1S/C19H21FN4O/c20-13-6-8-24(11-13)18-9-12(5-7-23-18)19(22)16-10-15(3-4-17(16)21)25-14-1-2-14/h3-5,7,9-10,13-14,22H,1-2,6,8,11,21H2/t13-/m1/s1. The molecule has 2 aliphatic rings. The van der Waals surface area contributed by atoms with Gasteiger partial charge in [0.05, 0.1) is 18.4 Å². The van der Waals surface area contributed by atoms with Gasteiger partial charge in [-0.2, -0.15) is 0 Å². The quantitative estimate of drug-likeness (QED) is 0.647. The summed E-state index contributed by atoms with van der Waals surface area (Å²) in [5, 5.41) is 8.56. The number of benzene rings is 1. The zero-order valence-electron chi connectivity index (χ0n) is 13.9. The van der Waals surface area contributed by atoms with Crippen LogP contribution in [0.2, 0.25) is 0 Å². The average molecular weight is 340 g/mol. The zero-order chi connectivity index (χ0) is 17.4. The molecule has 1 atom stereocenters. The van der Waals surface area contributed by atoms with Crippen LogP contribution >= 0.6 is 0 Å². The summed E-state index contributed by atoms with van der Waals surface area (Å²) in [5.74, 6) is 1.44. The van der Waals surface area contributed by atoms with Gasteiger partial charge in [0.1, 0.15) is 17.7 Å². The van der Waals surface area contributed by atoms with Crippen molar-refractivity contribution in [3.8, 4) is 5.75 Å². The second kappa shape index (κ2) is 6.35. The number of anilines is 2. The average Bonchev–Trinajstić information content (AvgIpc) is 3.33. The summed E-state index contributed by atoms with van der Waals surface area (Å²) in [5.41, 5.74) is 8.29. The molecule has 1 aromatic heterocycles. The molecule has 1 aliphatic heterocycles. The van der Waals surface area contributed by atoms with E-state index in [-0.39, 0.29) is 0 Å². The summed E-state index contributed by atoms with van der Waals surface area (Å²) < 4.78 is 19.3. The molecule has 5 nitrogen and oxygen atoms in total. The van der Waals surface area contributed by atoms with Gasteiger partial charge < -0.3 is 15.4 Å². The number of nitrogens with zero attached hydrogens (tertiary/aromatic N) is 2. The molecule has 6 heteroatoms. The number of ether oxygens (including phenoxy) is 1. The first kappa shape index (κ1) is 15.9. The van der Waals surface area contributed by atoms with Gasteiger partial charge in [0, 0.05) is 29.6 Å². The van der Waals surface area contributed by atoms with Crippen LogP contribution in [-0.2, 0) is 0 Å². The number of nitrogen functional groups attached to an aromatic ring is 1. The highest BCUT2D eigenvalue weighted by atomic mass is 19.1. The van der Waals surface area contributed by atoms with E-state index in [1.54, 1.807) is 18.3 Å². The highest BCUT2D eigenvalue weighted by Gasteiger charge is 2.25. The molecule has 1 saturated carbocycles. The van der Waals surface area contributed by atoms with E-state index in [0.717, 1.165) is 18.6 Å².